The Morgan fingerprint density at radius 2 is 1.71 bits per heavy atom. The zero-order valence-electron chi connectivity index (χ0n) is 9.05. The van der Waals surface area contributed by atoms with Crippen molar-refractivity contribution in [2.45, 2.75) is 32.6 Å². The lowest BCUT2D eigenvalue weighted by Gasteiger charge is -2.13. The van der Waals surface area contributed by atoms with Crippen LogP contribution in [0.2, 0.25) is 0 Å². The molecule has 0 radical (unpaired) electrons. The second-order valence-electron chi connectivity index (χ2n) is 4.11. The van der Waals surface area contributed by atoms with Crippen molar-refractivity contribution in [3.63, 3.8) is 0 Å². The van der Waals surface area contributed by atoms with Gasteiger partial charge >= 0.3 is 0 Å². The van der Waals surface area contributed by atoms with Crippen molar-refractivity contribution in [1.29, 1.82) is 0 Å². The quantitative estimate of drug-likeness (QED) is 0.877. The lowest BCUT2D eigenvalue weighted by Crippen LogP contribution is -2.09. The molecule has 0 bridgehead atoms. The Balaban J connectivity index is 3.07. The van der Waals surface area contributed by atoms with Gasteiger partial charge in [-0.15, -0.1) is 0 Å². The van der Waals surface area contributed by atoms with E-state index in [1.165, 1.54) is 11.1 Å². The van der Waals surface area contributed by atoms with Gasteiger partial charge in [0.2, 0.25) is 0 Å². The van der Waals surface area contributed by atoms with Crippen molar-refractivity contribution >= 4 is 15.9 Å². The maximum atomic E-state index is 5.67. The van der Waals surface area contributed by atoms with Crippen molar-refractivity contribution in [1.82, 2.24) is 0 Å². The Hall–Kier alpha value is -0.340. The predicted octanol–water partition coefficient (Wildman–Crippen LogP) is 3.63. The monoisotopic (exact) mass is 255 g/mol. The average molecular weight is 256 g/mol. The molecule has 0 aliphatic heterocycles. The molecule has 1 atom stereocenters. The number of halogens is 1. The highest BCUT2D eigenvalue weighted by atomic mass is 79.9. The first-order valence-corrected chi connectivity index (χ1v) is 5.84. The fourth-order valence-electron chi connectivity index (χ4n) is 1.39. The van der Waals surface area contributed by atoms with Crippen molar-refractivity contribution in [2.75, 3.05) is 6.54 Å². The zero-order chi connectivity index (χ0) is 10.7. The van der Waals surface area contributed by atoms with E-state index in [9.17, 15) is 0 Å². The van der Waals surface area contributed by atoms with Crippen LogP contribution in [0.3, 0.4) is 0 Å². The normalized spacial score (nSPS) is 13.3. The van der Waals surface area contributed by atoms with Gasteiger partial charge in [-0.2, -0.15) is 0 Å². The summed E-state index contributed by atoms with van der Waals surface area (Å²) in [5.74, 6) is 1.00. The van der Waals surface area contributed by atoms with Crippen LogP contribution in [-0.4, -0.2) is 6.54 Å². The molecule has 0 saturated carbocycles. The molecule has 0 aromatic heterocycles. The van der Waals surface area contributed by atoms with E-state index in [1.807, 2.05) is 0 Å². The van der Waals surface area contributed by atoms with Gasteiger partial charge in [-0.1, -0.05) is 42.8 Å². The Labute approximate surface area is 94.8 Å². The highest BCUT2D eigenvalue weighted by molar-refractivity contribution is 9.10. The third kappa shape index (κ3) is 2.82. The Morgan fingerprint density at radius 1 is 1.14 bits per heavy atom. The second kappa shape index (κ2) is 4.94. The van der Waals surface area contributed by atoms with Gasteiger partial charge in [0, 0.05) is 4.47 Å². The van der Waals surface area contributed by atoms with Gasteiger partial charge in [0.05, 0.1) is 0 Å². The molecule has 0 heterocycles. The fourth-order valence-corrected chi connectivity index (χ4v) is 1.92. The van der Waals surface area contributed by atoms with E-state index in [0.29, 0.717) is 18.4 Å². The highest BCUT2D eigenvalue weighted by Crippen LogP contribution is 2.25. The van der Waals surface area contributed by atoms with Crippen molar-refractivity contribution in [3.05, 3.63) is 33.8 Å². The number of benzene rings is 1. The molecule has 0 amide bonds. The first kappa shape index (κ1) is 11.7. The van der Waals surface area contributed by atoms with E-state index in [-0.39, 0.29) is 0 Å². The molecule has 1 aromatic rings. The molecule has 0 aliphatic rings. The van der Waals surface area contributed by atoms with Crippen LogP contribution in [-0.2, 0) is 0 Å². The van der Waals surface area contributed by atoms with Crippen molar-refractivity contribution < 1.29 is 0 Å². The number of nitrogens with two attached hydrogens (primary N) is 1. The van der Waals surface area contributed by atoms with Gasteiger partial charge in [-0.05, 0) is 41.6 Å². The summed E-state index contributed by atoms with van der Waals surface area (Å²) in [5, 5.41) is 0. The molecule has 0 aliphatic carbocycles. The molecule has 1 aromatic carbocycles. The van der Waals surface area contributed by atoms with Gasteiger partial charge in [0.15, 0.2) is 0 Å². The van der Waals surface area contributed by atoms with Crippen LogP contribution < -0.4 is 5.73 Å². The molecule has 0 spiro atoms. The first-order chi connectivity index (χ1) is 6.54. The van der Waals surface area contributed by atoms with E-state index in [4.69, 9.17) is 5.73 Å². The minimum atomic E-state index is 0.435. The molecule has 0 saturated heterocycles. The smallest absolute Gasteiger partial charge is 0.0180 e. The van der Waals surface area contributed by atoms with Gasteiger partial charge in [-0.3, -0.25) is 0 Å². The van der Waals surface area contributed by atoms with E-state index >= 15 is 0 Å². The summed E-state index contributed by atoms with van der Waals surface area (Å²) >= 11 is 3.54. The van der Waals surface area contributed by atoms with E-state index in [2.05, 4.69) is 54.9 Å². The van der Waals surface area contributed by atoms with Crippen LogP contribution in [0.4, 0.5) is 0 Å². The molecule has 2 heteroatoms. The van der Waals surface area contributed by atoms with Crippen LogP contribution in [0.15, 0.2) is 22.7 Å². The van der Waals surface area contributed by atoms with E-state index < -0.39 is 0 Å². The van der Waals surface area contributed by atoms with E-state index in [0.717, 1.165) is 4.47 Å². The topological polar surface area (TPSA) is 26.0 Å². The number of rotatable bonds is 3. The van der Waals surface area contributed by atoms with Crippen molar-refractivity contribution in [3.8, 4) is 0 Å². The van der Waals surface area contributed by atoms with Crippen LogP contribution >= 0.6 is 15.9 Å². The molecule has 1 rings (SSSR count). The molecule has 78 valence electrons. The summed E-state index contributed by atoms with van der Waals surface area (Å²) in [5.41, 5.74) is 8.36. The third-order valence-electron chi connectivity index (χ3n) is 2.53. The summed E-state index contributed by atoms with van der Waals surface area (Å²) in [6.45, 7) is 7.28. The van der Waals surface area contributed by atoms with Gasteiger partial charge < -0.3 is 5.73 Å². The molecular formula is C12H18BrN. The maximum absolute atomic E-state index is 5.67. The molecule has 1 unspecified atom stereocenters. The minimum Gasteiger partial charge on any atom is -0.330 e. The maximum Gasteiger partial charge on any atom is 0.0180 e. The molecule has 0 fully saturated rings. The molecule has 2 N–H and O–H groups in total. The standard InChI is InChI=1S/C12H18BrN/c1-8(2)10-4-11(9(3)7-14)6-12(13)5-10/h4-6,8-9H,7,14H2,1-3H3. The Morgan fingerprint density at radius 3 is 2.21 bits per heavy atom. The number of hydrogen-bond acceptors (Lipinski definition) is 1. The van der Waals surface area contributed by atoms with Crippen LogP contribution in [0.1, 0.15) is 43.7 Å². The van der Waals surface area contributed by atoms with Crippen molar-refractivity contribution in [2.24, 2.45) is 5.73 Å². The summed E-state index contributed by atoms with van der Waals surface area (Å²) < 4.78 is 1.15. The highest BCUT2D eigenvalue weighted by Gasteiger charge is 2.07. The minimum absolute atomic E-state index is 0.435. The summed E-state index contributed by atoms with van der Waals surface area (Å²) in [6, 6.07) is 6.59. The summed E-state index contributed by atoms with van der Waals surface area (Å²) in [4.78, 5) is 0. The van der Waals surface area contributed by atoms with Gasteiger partial charge in [-0.25, -0.2) is 0 Å². The molecule has 1 nitrogen and oxygen atoms in total. The van der Waals surface area contributed by atoms with E-state index in [1.54, 1.807) is 0 Å². The number of hydrogen-bond donors (Lipinski definition) is 1. The Bertz CT molecular complexity index is 307. The van der Waals surface area contributed by atoms with Gasteiger partial charge in [0.1, 0.15) is 0 Å². The average Bonchev–Trinajstić information content (AvgIpc) is 2.15. The molecular weight excluding hydrogens is 238 g/mol. The molecule has 14 heavy (non-hydrogen) atoms. The summed E-state index contributed by atoms with van der Waals surface area (Å²) in [7, 11) is 0. The third-order valence-corrected chi connectivity index (χ3v) is 2.99. The predicted molar refractivity (Wildman–Crippen MR) is 65.7 cm³/mol. The fraction of sp³-hybridized carbons (Fsp3) is 0.500. The van der Waals surface area contributed by atoms with Crippen LogP contribution in [0.5, 0.6) is 0 Å². The second-order valence-corrected chi connectivity index (χ2v) is 5.03. The Kier molecular flexibility index (Phi) is 4.14. The van der Waals surface area contributed by atoms with Gasteiger partial charge in [0.25, 0.3) is 0 Å². The van der Waals surface area contributed by atoms with Crippen LogP contribution in [0, 0.1) is 0 Å². The summed E-state index contributed by atoms with van der Waals surface area (Å²) in [6.07, 6.45) is 0. The SMILES string of the molecule is CC(C)c1cc(Br)cc(C(C)CN)c1. The lowest BCUT2D eigenvalue weighted by atomic mass is 9.95. The zero-order valence-corrected chi connectivity index (χ0v) is 10.6. The first-order valence-electron chi connectivity index (χ1n) is 5.05. The largest absolute Gasteiger partial charge is 0.330 e. The lowest BCUT2D eigenvalue weighted by molar-refractivity contribution is 0.766. The van der Waals surface area contributed by atoms with Crippen LogP contribution in [0.25, 0.3) is 0 Å².